The number of aromatic hydroxyl groups is 1. The second-order valence-electron chi connectivity index (χ2n) is 6.96. The third-order valence-electron chi connectivity index (χ3n) is 4.93. The van der Waals surface area contributed by atoms with Gasteiger partial charge in [0.15, 0.2) is 16.3 Å². The Morgan fingerprint density at radius 2 is 2.12 bits per heavy atom. The van der Waals surface area contributed by atoms with Crippen LogP contribution >= 0.6 is 11.3 Å². The molecule has 9 heteroatoms. The molecule has 0 aliphatic carbocycles. The summed E-state index contributed by atoms with van der Waals surface area (Å²) in [6.45, 7) is 5.85. The van der Waals surface area contributed by atoms with E-state index in [1.807, 2.05) is 6.92 Å². The lowest BCUT2D eigenvalue weighted by Gasteiger charge is -2.20. The molecule has 0 saturated carbocycles. The molecule has 1 aliphatic heterocycles. The average Bonchev–Trinajstić information content (AvgIpc) is 3.39. The van der Waals surface area contributed by atoms with Crippen molar-refractivity contribution in [1.29, 1.82) is 0 Å². The molecule has 2 aromatic heterocycles. The van der Waals surface area contributed by atoms with E-state index in [1.165, 1.54) is 28.2 Å². The van der Waals surface area contributed by atoms with E-state index in [9.17, 15) is 14.7 Å². The number of benzene rings is 1. The largest absolute Gasteiger partial charge is 0.504 e. The van der Waals surface area contributed by atoms with Crippen molar-refractivity contribution in [2.75, 3.05) is 13.2 Å². The maximum atomic E-state index is 13.2. The number of allylic oxidation sites excluding steroid dienone is 1. The molecule has 32 heavy (non-hydrogen) atoms. The minimum absolute atomic E-state index is 0.0281. The fourth-order valence-corrected chi connectivity index (χ4v) is 4.55. The van der Waals surface area contributed by atoms with Gasteiger partial charge in [0.05, 0.1) is 29.6 Å². The van der Waals surface area contributed by atoms with Crippen LogP contribution in [0.15, 0.2) is 56.4 Å². The van der Waals surface area contributed by atoms with E-state index in [4.69, 9.17) is 13.9 Å². The summed E-state index contributed by atoms with van der Waals surface area (Å²) in [6.07, 6.45) is 3.22. The minimum atomic E-state index is -0.701. The summed E-state index contributed by atoms with van der Waals surface area (Å²) < 4.78 is 18.0. The van der Waals surface area contributed by atoms with E-state index in [2.05, 4.69) is 4.99 Å². The number of aromatic nitrogens is 1. The van der Waals surface area contributed by atoms with Gasteiger partial charge in [-0.25, -0.2) is 9.79 Å². The molecule has 0 fully saturated rings. The quantitative estimate of drug-likeness (QED) is 0.575. The molecular formula is C23H22N2O6S. The van der Waals surface area contributed by atoms with E-state index in [-0.39, 0.29) is 23.5 Å². The van der Waals surface area contributed by atoms with Gasteiger partial charge in [0.25, 0.3) is 5.56 Å². The molecule has 0 bridgehead atoms. The number of hydrogen-bond acceptors (Lipinski definition) is 8. The molecule has 0 amide bonds. The first-order chi connectivity index (χ1) is 15.4. The van der Waals surface area contributed by atoms with Gasteiger partial charge in [0, 0.05) is 5.70 Å². The zero-order valence-corrected chi connectivity index (χ0v) is 18.6. The molecule has 0 saturated heterocycles. The van der Waals surface area contributed by atoms with Gasteiger partial charge in [0.2, 0.25) is 0 Å². The highest BCUT2D eigenvalue weighted by molar-refractivity contribution is 7.07. The summed E-state index contributed by atoms with van der Waals surface area (Å²) in [7, 11) is 0. The van der Waals surface area contributed by atoms with Crippen LogP contribution < -0.4 is 19.6 Å². The van der Waals surface area contributed by atoms with Crippen LogP contribution in [0.1, 0.15) is 38.1 Å². The summed E-state index contributed by atoms with van der Waals surface area (Å²) in [4.78, 5) is 31.0. The SMILES string of the molecule is CCOC(=O)C1=C(C)n2c(s/c(=C\c3ccc(O)c(OCC)c3)c2=O)=N[C@@H]1c1ccco1. The first-order valence-corrected chi connectivity index (χ1v) is 10.9. The van der Waals surface area contributed by atoms with Crippen LogP contribution in [0.2, 0.25) is 0 Å². The van der Waals surface area contributed by atoms with Gasteiger partial charge in [0.1, 0.15) is 11.8 Å². The van der Waals surface area contributed by atoms with Gasteiger partial charge in [-0.3, -0.25) is 9.36 Å². The third kappa shape index (κ3) is 3.87. The van der Waals surface area contributed by atoms with Gasteiger partial charge in [-0.15, -0.1) is 0 Å². The minimum Gasteiger partial charge on any atom is -0.504 e. The number of carbonyl (C=O) groups excluding carboxylic acids is 1. The van der Waals surface area contributed by atoms with Crippen molar-refractivity contribution in [1.82, 2.24) is 4.57 Å². The molecule has 1 aromatic carbocycles. The van der Waals surface area contributed by atoms with Crippen LogP contribution in [0.4, 0.5) is 0 Å². The molecule has 3 aromatic rings. The fraction of sp³-hybridized carbons (Fsp3) is 0.261. The molecule has 1 N–H and O–H groups in total. The fourth-order valence-electron chi connectivity index (χ4n) is 3.51. The Labute approximate surface area is 187 Å². The Morgan fingerprint density at radius 3 is 2.81 bits per heavy atom. The van der Waals surface area contributed by atoms with Crippen molar-refractivity contribution >= 4 is 29.1 Å². The number of phenols is 1. The molecule has 1 atom stereocenters. The Morgan fingerprint density at radius 1 is 1.31 bits per heavy atom. The van der Waals surface area contributed by atoms with Gasteiger partial charge >= 0.3 is 5.97 Å². The number of rotatable bonds is 6. The Bertz CT molecular complexity index is 1360. The third-order valence-corrected chi connectivity index (χ3v) is 5.92. The number of ether oxygens (including phenoxy) is 2. The van der Waals surface area contributed by atoms with Crippen LogP contribution in [0.3, 0.4) is 0 Å². The van der Waals surface area contributed by atoms with Crippen molar-refractivity contribution in [3.63, 3.8) is 0 Å². The van der Waals surface area contributed by atoms with Crippen molar-refractivity contribution in [2.45, 2.75) is 26.8 Å². The number of fused-ring (bicyclic) bond motifs is 1. The maximum absolute atomic E-state index is 13.2. The van der Waals surface area contributed by atoms with Crippen LogP contribution in [0.25, 0.3) is 11.8 Å². The van der Waals surface area contributed by atoms with E-state index in [0.717, 1.165) is 0 Å². The van der Waals surface area contributed by atoms with Crippen molar-refractivity contribution in [3.05, 3.63) is 73.2 Å². The predicted octanol–water partition coefficient (Wildman–Crippen LogP) is 2.60. The molecule has 0 unspecified atom stereocenters. The van der Waals surface area contributed by atoms with Crippen LogP contribution in [-0.4, -0.2) is 28.9 Å². The monoisotopic (exact) mass is 454 g/mol. The lowest BCUT2D eigenvalue weighted by atomic mass is 10.0. The van der Waals surface area contributed by atoms with E-state index >= 15 is 0 Å². The van der Waals surface area contributed by atoms with Crippen molar-refractivity contribution in [3.8, 4) is 11.5 Å². The number of esters is 1. The standard InChI is InChI=1S/C23H22N2O6S/c1-4-29-17-11-14(8-9-15(17)26)12-18-21(27)25-13(3)19(22(28)30-5-2)20(24-23(25)32-18)16-7-6-10-31-16/h6-12,20,26H,4-5H2,1-3H3/b18-12-/t20-/m1/s1. The smallest absolute Gasteiger partial charge is 0.338 e. The number of hydrogen-bond donors (Lipinski definition) is 1. The second-order valence-corrected chi connectivity index (χ2v) is 7.97. The predicted molar refractivity (Wildman–Crippen MR) is 119 cm³/mol. The average molecular weight is 455 g/mol. The Hall–Kier alpha value is -3.59. The van der Waals surface area contributed by atoms with Crippen molar-refractivity contribution < 1.29 is 23.8 Å². The van der Waals surface area contributed by atoms with Crippen molar-refractivity contribution in [2.24, 2.45) is 4.99 Å². The lowest BCUT2D eigenvalue weighted by Crippen LogP contribution is -2.35. The summed E-state index contributed by atoms with van der Waals surface area (Å²) in [5.41, 5.74) is 1.12. The highest BCUT2D eigenvalue weighted by Crippen LogP contribution is 2.32. The van der Waals surface area contributed by atoms with Gasteiger partial charge < -0.3 is 19.0 Å². The van der Waals surface area contributed by atoms with E-state index < -0.39 is 12.0 Å². The molecule has 8 nitrogen and oxygen atoms in total. The second kappa shape index (κ2) is 8.88. The highest BCUT2D eigenvalue weighted by Gasteiger charge is 2.32. The molecule has 0 spiro atoms. The Balaban J connectivity index is 1.90. The number of carbonyl (C=O) groups is 1. The van der Waals surface area contributed by atoms with E-state index in [0.29, 0.717) is 38.7 Å². The molecule has 0 radical (unpaired) electrons. The molecule has 1 aliphatic rings. The van der Waals surface area contributed by atoms with Crippen LogP contribution in [0.5, 0.6) is 11.5 Å². The first kappa shape index (κ1) is 21.6. The van der Waals surface area contributed by atoms with Crippen LogP contribution in [0, 0.1) is 0 Å². The summed E-state index contributed by atoms with van der Waals surface area (Å²) in [6, 6.07) is 7.63. The number of nitrogens with zero attached hydrogens (tertiary/aromatic N) is 2. The number of furan rings is 1. The van der Waals surface area contributed by atoms with Gasteiger partial charge in [-0.05, 0) is 56.7 Å². The number of thiazole rings is 1. The lowest BCUT2D eigenvalue weighted by molar-refractivity contribution is -0.138. The highest BCUT2D eigenvalue weighted by atomic mass is 32.1. The first-order valence-electron chi connectivity index (χ1n) is 10.1. The normalized spacial score (nSPS) is 16.0. The molecule has 166 valence electrons. The maximum Gasteiger partial charge on any atom is 0.338 e. The summed E-state index contributed by atoms with van der Waals surface area (Å²) in [5.74, 6) is 0.320. The topological polar surface area (TPSA) is 103 Å². The summed E-state index contributed by atoms with van der Waals surface area (Å²) >= 11 is 1.21. The zero-order chi connectivity index (χ0) is 22.8. The van der Waals surface area contributed by atoms with E-state index in [1.54, 1.807) is 44.2 Å². The van der Waals surface area contributed by atoms with Gasteiger partial charge in [-0.2, -0.15) is 0 Å². The molecular weight excluding hydrogens is 432 g/mol. The molecule has 3 heterocycles. The molecule has 4 rings (SSSR count). The number of phenolic OH excluding ortho intramolecular Hbond substituents is 1. The Kier molecular flexibility index (Phi) is 6.00. The van der Waals surface area contributed by atoms with Crippen LogP contribution in [-0.2, 0) is 9.53 Å². The zero-order valence-electron chi connectivity index (χ0n) is 17.8. The van der Waals surface area contributed by atoms with Gasteiger partial charge in [-0.1, -0.05) is 17.4 Å². The summed E-state index contributed by atoms with van der Waals surface area (Å²) in [5, 5.41) is 9.92.